The number of carbonyl (C=O) groups is 3. The molecule has 0 atom stereocenters. The van der Waals surface area contributed by atoms with Gasteiger partial charge in [0.1, 0.15) is 4.90 Å². The number of esters is 1. The van der Waals surface area contributed by atoms with Gasteiger partial charge in [0.2, 0.25) is 10.0 Å². The molecule has 0 aliphatic heterocycles. The van der Waals surface area contributed by atoms with Crippen molar-refractivity contribution >= 4 is 51.1 Å². The summed E-state index contributed by atoms with van der Waals surface area (Å²) in [7, 11) is -4.03. The lowest BCUT2D eigenvalue weighted by Gasteiger charge is -2.10. The first-order valence-electron chi connectivity index (χ1n) is 8.20. The van der Waals surface area contributed by atoms with E-state index in [1.807, 2.05) is 19.2 Å². The number of hydrogen-bond donors (Lipinski definition) is 3. The molecule has 0 spiro atoms. The van der Waals surface area contributed by atoms with Gasteiger partial charge >= 0.3 is 12.0 Å². The summed E-state index contributed by atoms with van der Waals surface area (Å²) in [5.74, 6) is -1.42. The second kappa shape index (κ2) is 11.2. The Hall–Kier alpha value is -1.88. The van der Waals surface area contributed by atoms with Crippen molar-refractivity contribution < 1.29 is 27.5 Å². The van der Waals surface area contributed by atoms with Crippen LogP contribution in [-0.4, -0.2) is 46.0 Å². The lowest BCUT2D eigenvalue weighted by atomic mass is 10.2. The molecule has 0 saturated heterocycles. The third-order valence-corrected chi connectivity index (χ3v) is 5.51. The van der Waals surface area contributed by atoms with E-state index in [1.54, 1.807) is 0 Å². The van der Waals surface area contributed by atoms with Gasteiger partial charge in [-0.05, 0) is 18.1 Å². The van der Waals surface area contributed by atoms with Crippen molar-refractivity contribution in [2.45, 2.75) is 25.2 Å². The van der Waals surface area contributed by atoms with Crippen molar-refractivity contribution in [1.82, 2.24) is 15.4 Å². The molecule has 3 N–H and O–H groups in total. The van der Waals surface area contributed by atoms with Gasteiger partial charge in [-0.25, -0.2) is 17.9 Å². The number of imide groups is 1. The van der Waals surface area contributed by atoms with Crippen molar-refractivity contribution in [3.63, 3.8) is 0 Å². The van der Waals surface area contributed by atoms with Crippen LogP contribution in [0.2, 0.25) is 10.0 Å². The van der Waals surface area contributed by atoms with E-state index >= 15 is 0 Å². The first-order valence-corrected chi connectivity index (χ1v) is 10.4. The summed E-state index contributed by atoms with van der Waals surface area (Å²) < 4.78 is 31.3. The second-order valence-corrected chi connectivity index (χ2v) is 8.53. The Labute approximate surface area is 173 Å². The molecule has 9 nitrogen and oxygen atoms in total. The number of nitrogens with one attached hydrogen (secondary N) is 3. The van der Waals surface area contributed by atoms with Crippen LogP contribution in [-0.2, 0) is 24.3 Å². The summed E-state index contributed by atoms with van der Waals surface area (Å²) in [6, 6.07) is 3.53. The van der Waals surface area contributed by atoms with Crippen LogP contribution in [0, 0.1) is 5.92 Å². The summed E-state index contributed by atoms with van der Waals surface area (Å²) in [6.07, 6.45) is -0.339. The van der Waals surface area contributed by atoms with Crippen LogP contribution in [0.25, 0.3) is 0 Å². The minimum atomic E-state index is -4.03. The number of ether oxygens (including phenoxy) is 1. The quantitative estimate of drug-likeness (QED) is 0.487. The Morgan fingerprint density at radius 2 is 1.75 bits per heavy atom. The van der Waals surface area contributed by atoms with Gasteiger partial charge in [-0.1, -0.05) is 43.1 Å². The molecular weight excluding hydrogens is 433 g/mol. The van der Waals surface area contributed by atoms with E-state index in [1.165, 1.54) is 18.2 Å². The monoisotopic (exact) mass is 453 g/mol. The third kappa shape index (κ3) is 8.42. The van der Waals surface area contributed by atoms with Gasteiger partial charge in [-0.3, -0.25) is 14.9 Å². The highest BCUT2D eigenvalue weighted by molar-refractivity contribution is 7.89. The van der Waals surface area contributed by atoms with Crippen molar-refractivity contribution in [2.75, 3.05) is 19.7 Å². The SMILES string of the molecule is CC(C)CNC(=O)NC(=O)COC(=O)CCNS(=O)(=O)c1c(Cl)cccc1Cl. The number of halogens is 2. The van der Waals surface area contributed by atoms with Crippen LogP contribution in [0.15, 0.2) is 23.1 Å². The summed E-state index contributed by atoms with van der Waals surface area (Å²) in [4.78, 5) is 34.2. The number of amides is 3. The highest BCUT2D eigenvalue weighted by atomic mass is 35.5. The van der Waals surface area contributed by atoms with Gasteiger partial charge in [-0.2, -0.15) is 0 Å². The van der Waals surface area contributed by atoms with Crippen molar-refractivity contribution in [3.8, 4) is 0 Å². The predicted octanol–water partition coefficient (Wildman–Crippen LogP) is 1.69. The topological polar surface area (TPSA) is 131 Å². The van der Waals surface area contributed by atoms with Gasteiger partial charge in [0.05, 0.1) is 16.5 Å². The van der Waals surface area contributed by atoms with Crippen molar-refractivity contribution in [3.05, 3.63) is 28.2 Å². The molecule has 0 fully saturated rings. The van der Waals surface area contributed by atoms with E-state index in [-0.39, 0.29) is 33.8 Å². The predicted molar refractivity (Wildman–Crippen MR) is 104 cm³/mol. The number of benzene rings is 1. The van der Waals surface area contributed by atoms with E-state index < -0.39 is 34.5 Å². The molecule has 0 bridgehead atoms. The van der Waals surface area contributed by atoms with Crippen LogP contribution >= 0.6 is 23.2 Å². The highest BCUT2D eigenvalue weighted by Gasteiger charge is 2.21. The Balaban J connectivity index is 2.39. The molecule has 0 aliphatic rings. The Bertz CT molecular complexity index is 809. The number of hydrogen-bond acceptors (Lipinski definition) is 6. The molecule has 0 aromatic heterocycles. The zero-order valence-electron chi connectivity index (χ0n) is 15.3. The third-order valence-electron chi connectivity index (χ3n) is 3.10. The maximum atomic E-state index is 12.2. The Kier molecular flexibility index (Phi) is 9.66. The zero-order valence-corrected chi connectivity index (χ0v) is 17.6. The Morgan fingerprint density at radius 3 is 2.32 bits per heavy atom. The van der Waals surface area contributed by atoms with E-state index in [0.717, 1.165) is 0 Å². The Morgan fingerprint density at radius 1 is 1.14 bits per heavy atom. The molecular formula is C16H21Cl2N3O6S. The minimum Gasteiger partial charge on any atom is -0.456 e. The van der Waals surface area contributed by atoms with Crippen LogP contribution in [0.3, 0.4) is 0 Å². The number of sulfonamides is 1. The molecule has 1 aromatic rings. The maximum absolute atomic E-state index is 12.2. The molecule has 0 unspecified atom stereocenters. The molecule has 0 aliphatic carbocycles. The van der Waals surface area contributed by atoms with Crippen molar-refractivity contribution in [1.29, 1.82) is 0 Å². The smallest absolute Gasteiger partial charge is 0.321 e. The first kappa shape index (κ1) is 24.2. The molecule has 1 rings (SSSR count). The average molecular weight is 454 g/mol. The number of rotatable bonds is 9. The molecule has 28 heavy (non-hydrogen) atoms. The van der Waals surface area contributed by atoms with Gasteiger partial charge in [-0.15, -0.1) is 0 Å². The summed E-state index contributed by atoms with van der Waals surface area (Å²) in [6.45, 7) is 3.19. The second-order valence-electron chi connectivity index (χ2n) is 6.01. The van der Waals surface area contributed by atoms with E-state index in [0.29, 0.717) is 6.54 Å². The van der Waals surface area contributed by atoms with Gasteiger partial charge in [0.15, 0.2) is 6.61 Å². The maximum Gasteiger partial charge on any atom is 0.321 e. The fraction of sp³-hybridized carbons (Fsp3) is 0.438. The number of urea groups is 1. The standard InChI is InChI=1S/C16H21Cl2N3O6S/c1-10(2)8-19-16(24)21-13(22)9-27-14(23)6-7-20-28(25,26)15-11(17)4-3-5-12(15)18/h3-5,10,20H,6-9H2,1-2H3,(H2,19,21,22,24). The minimum absolute atomic E-state index is 0.0602. The largest absolute Gasteiger partial charge is 0.456 e. The lowest BCUT2D eigenvalue weighted by Crippen LogP contribution is -2.42. The highest BCUT2D eigenvalue weighted by Crippen LogP contribution is 2.28. The zero-order chi connectivity index (χ0) is 21.3. The van der Waals surface area contributed by atoms with Crippen LogP contribution in [0.4, 0.5) is 4.79 Å². The van der Waals surface area contributed by atoms with E-state index in [4.69, 9.17) is 23.2 Å². The molecule has 1 aromatic carbocycles. The first-order chi connectivity index (χ1) is 13.0. The molecule has 3 amide bonds. The van der Waals surface area contributed by atoms with Gasteiger partial charge in [0.25, 0.3) is 5.91 Å². The molecule has 0 saturated carbocycles. The summed E-state index contributed by atoms with van der Waals surface area (Å²) in [5, 5.41) is 4.34. The lowest BCUT2D eigenvalue weighted by molar-refractivity contribution is -0.148. The molecule has 12 heteroatoms. The summed E-state index contributed by atoms with van der Waals surface area (Å²) >= 11 is 11.7. The van der Waals surface area contributed by atoms with Gasteiger partial charge < -0.3 is 10.1 Å². The number of carbonyl (C=O) groups excluding carboxylic acids is 3. The normalized spacial score (nSPS) is 11.2. The fourth-order valence-electron chi connectivity index (χ4n) is 1.82. The van der Waals surface area contributed by atoms with Crippen LogP contribution < -0.4 is 15.4 Å². The fourth-order valence-corrected chi connectivity index (χ4v) is 3.99. The van der Waals surface area contributed by atoms with E-state index in [2.05, 4.69) is 14.8 Å². The average Bonchev–Trinajstić information content (AvgIpc) is 2.57. The van der Waals surface area contributed by atoms with Crippen LogP contribution in [0.5, 0.6) is 0 Å². The van der Waals surface area contributed by atoms with Crippen LogP contribution in [0.1, 0.15) is 20.3 Å². The molecule has 0 radical (unpaired) electrons. The van der Waals surface area contributed by atoms with Gasteiger partial charge in [0, 0.05) is 13.1 Å². The van der Waals surface area contributed by atoms with Crippen molar-refractivity contribution in [2.24, 2.45) is 5.92 Å². The summed E-state index contributed by atoms with van der Waals surface area (Å²) in [5.41, 5.74) is 0. The molecule has 0 heterocycles. The molecule has 156 valence electrons. The van der Waals surface area contributed by atoms with E-state index in [9.17, 15) is 22.8 Å².